The predicted octanol–water partition coefficient (Wildman–Crippen LogP) is 0.709. The second kappa shape index (κ2) is 8.13. The van der Waals surface area contributed by atoms with Crippen molar-refractivity contribution in [2.75, 3.05) is 7.11 Å². The van der Waals surface area contributed by atoms with E-state index in [9.17, 15) is 24.6 Å². The first kappa shape index (κ1) is 19.4. The lowest BCUT2D eigenvalue weighted by molar-refractivity contribution is 0.0952. The second-order valence-corrected chi connectivity index (χ2v) is 5.72. The molecule has 1 amide bonds. The highest BCUT2D eigenvalue weighted by atomic mass is 16.5. The first-order chi connectivity index (χ1) is 13.9. The van der Waals surface area contributed by atoms with Gasteiger partial charge in [0.25, 0.3) is 11.5 Å². The number of carbonyl (C=O) groups excluding carboxylic acids is 1. The summed E-state index contributed by atoms with van der Waals surface area (Å²) in [6.07, 6.45) is 0.886. The number of H-pyrrole nitrogens is 1. The Morgan fingerprint density at radius 1 is 1.14 bits per heavy atom. The fourth-order valence-corrected chi connectivity index (χ4v) is 2.57. The van der Waals surface area contributed by atoms with Crippen LogP contribution in [-0.4, -0.2) is 39.0 Å². The van der Waals surface area contributed by atoms with Crippen molar-refractivity contribution in [2.24, 2.45) is 5.10 Å². The van der Waals surface area contributed by atoms with Crippen molar-refractivity contribution in [3.05, 3.63) is 80.5 Å². The molecule has 0 saturated carbocycles. The second-order valence-electron chi connectivity index (χ2n) is 5.72. The monoisotopic (exact) mass is 396 g/mol. The first-order valence-electron chi connectivity index (χ1n) is 8.27. The molecule has 10 nitrogen and oxygen atoms in total. The van der Waals surface area contributed by atoms with Gasteiger partial charge in [-0.15, -0.1) is 0 Å². The molecule has 29 heavy (non-hydrogen) atoms. The Morgan fingerprint density at radius 2 is 1.83 bits per heavy atom. The highest BCUT2D eigenvalue weighted by molar-refractivity contribution is 5.97. The van der Waals surface area contributed by atoms with E-state index >= 15 is 0 Å². The van der Waals surface area contributed by atoms with Gasteiger partial charge in [-0.25, -0.2) is 14.8 Å². The third kappa shape index (κ3) is 3.86. The van der Waals surface area contributed by atoms with Gasteiger partial charge in [-0.3, -0.25) is 14.6 Å². The third-order valence-electron chi connectivity index (χ3n) is 3.96. The third-order valence-corrected chi connectivity index (χ3v) is 3.96. The molecule has 2 aromatic carbocycles. The maximum Gasteiger partial charge on any atom is 0.335 e. The van der Waals surface area contributed by atoms with Crippen LogP contribution in [0.4, 0.5) is 0 Å². The van der Waals surface area contributed by atoms with Crippen LogP contribution in [0.1, 0.15) is 15.9 Å². The molecular weight excluding hydrogens is 380 g/mol. The summed E-state index contributed by atoms with van der Waals surface area (Å²) in [7, 11) is 1.39. The fourth-order valence-electron chi connectivity index (χ4n) is 2.57. The number of aromatic amines is 1. The Balaban J connectivity index is 1.98. The summed E-state index contributed by atoms with van der Waals surface area (Å²) in [5.74, 6) is -1.38. The number of benzene rings is 2. The van der Waals surface area contributed by atoms with E-state index in [-0.39, 0.29) is 28.3 Å². The lowest BCUT2D eigenvalue weighted by atomic mass is 10.2. The minimum absolute atomic E-state index is 0.0261. The number of hydrogen-bond acceptors (Lipinski definition) is 7. The number of aromatic nitrogens is 2. The highest BCUT2D eigenvalue weighted by Crippen LogP contribution is 2.24. The molecule has 1 heterocycles. The molecule has 1 aromatic heterocycles. The van der Waals surface area contributed by atoms with Gasteiger partial charge < -0.3 is 14.9 Å². The molecule has 10 heteroatoms. The van der Waals surface area contributed by atoms with E-state index in [0.29, 0.717) is 0 Å². The number of hydrogen-bond donors (Lipinski definition) is 4. The molecule has 0 bridgehead atoms. The van der Waals surface area contributed by atoms with Crippen LogP contribution in [0, 0.1) is 0 Å². The van der Waals surface area contributed by atoms with Gasteiger partial charge in [-0.1, -0.05) is 24.3 Å². The number of phenolic OH excluding ortho intramolecular Hbond substituents is 1. The molecular formula is C19H16N4O6. The van der Waals surface area contributed by atoms with E-state index in [2.05, 4.69) is 15.5 Å². The highest BCUT2D eigenvalue weighted by Gasteiger charge is 2.17. The number of para-hydroxylation sites is 3. The van der Waals surface area contributed by atoms with Crippen molar-refractivity contribution in [1.82, 2.24) is 15.0 Å². The van der Waals surface area contributed by atoms with Crippen LogP contribution in [-0.2, 0) is 0 Å². The lowest BCUT2D eigenvalue weighted by Gasteiger charge is -2.12. The maximum absolute atomic E-state index is 12.2. The van der Waals surface area contributed by atoms with Gasteiger partial charge in [0.05, 0.1) is 24.6 Å². The molecule has 0 fully saturated rings. The van der Waals surface area contributed by atoms with Crippen molar-refractivity contribution in [2.45, 2.75) is 0 Å². The van der Waals surface area contributed by atoms with Crippen LogP contribution in [0.2, 0.25) is 0 Å². The molecule has 0 unspecified atom stereocenters. The van der Waals surface area contributed by atoms with Crippen LogP contribution >= 0.6 is 0 Å². The molecule has 0 aliphatic carbocycles. The number of amides is 1. The average Bonchev–Trinajstić information content (AvgIpc) is 2.70. The van der Waals surface area contributed by atoms with Crippen LogP contribution < -0.4 is 21.4 Å². The van der Waals surface area contributed by atoms with Gasteiger partial charge in [-0.05, 0) is 24.3 Å². The maximum atomic E-state index is 12.2. The van der Waals surface area contributed by atoms with E-state index in [4.69, 9.17) is 4.74 Å². The normalized spacial score (nSPS) is 10.8. The number of methoxy groups -OCH3 is 1. The van der Waals surface area contributed by atoms with Crippen LogP contribution in [0.5, 0.6) is 17.4 Å². The van der Waals surface area contributed by atoms with Gasteiger partial charge >= 0.3 is 5.69 Å². The number of carbonyl (C=O) groups is 1. The zero-order valence-electron chi connectivity index (χ0n) is 15.1. The van der Waals surface area contributed by atoms with Gasteiger partial charge in [0, 0.05) is 0 Å². The number of phenols is 1. The van der Waals surface area contributed by atoms with E-state index in [0.717, 1.165) is 10.8 Å². The molecule has 4 N–H and O–H groups in total. The molecule has 0 aliphatic heterocycles. The Labute approximate surface area is 163 Å². The summed E-state index contributed by atoms with van der Waals surface area (Å²) < 4.78 is 6.02. The van der Waals surface area contributed by atoms with Crippen LogP contribution in [0.3, 0.4) is 0 Å². The molecule has 0 aliphatic rings. The fraction of sp³-hybridized carbons (Fsp3) is 0.0526. The summed E-state index contributed by atoms with van der Waals surface area (Å²) in [5.41, 5.74) is 0.150. The topological polar surface area (TPSA) is 146 Å². The summed E-state index contributed by atoms with van der Waals surface area (Å²) in [6, 6.07) is 12.2. The Hall–Kier alpha value is -4.34. The number of nitrogens with one attached hydrogen (secondary N) is 2. The quantitative estimate of drug-likeness (QED) is 0.369. The van der Waals surface area contributed by atoms with E-state index in [1.165, 1.54) is 25.3 Å². The summed E-state index contributed by atoms with van der Waals surface area (Å²) in [6.45, 7) is 0. The Bertz CT molecular complexity index is 1210. The molecule has 0 saturated heterocycles. The Morgan fingerprint density at radius 3 is 2.55 bits per heavy atom. The lowest BCUT2D eigenvalue weighted by Crippen LogP contribution is -2.31. The average molecular weight is 396 g/mol. The largest absolute Gasteiger partial charge is 0.507 e. The van der Waals surface area contributed by atoms with Crippen molar-refractivity contribution < 1.29 is 19.7 Å². The van der Waals surface area contributed by atoms with Gasteiger partial charge in [-0.2, -0.15) is 5.10 Å². The van der Waals surface area contributed by atoms with Crippen molar-refractivity contribution in [1.29, 1.82) is 0 Å². The van der Waals surface area contributed by atoms with Crippen LogP contribution in [0.25, 0.3) is 5.69 Å². The summed E-state index contributed by atoms with van der Waals surface area (Å²) >= 11 is 0. The van der Waals surface area contributed by atoms with Crippen molar-refractivity contribution >= 4 is 12.1 Å². The van der Waals surface area contributed by atoms with Gasteiger partial charge in [0.2, 0.25) is 5.88 Å². The standard InChI is InChI=1S/C19H16N4O6/c1-29-15-9-5-3-7-13(15)23-18(27)12(16(25)21-19(23)28)10-20-22-17(26)11-6-2-4-8-14(11)24/h2-10,24,27H,1H3,(H,22,26)(H,21,25,28)/b20-10-. The van der Waals surface area contributed by atoms with E-state index in [1.54, 1.807) is 30.3 Å². The molecule has 3 rings (SSSR count). The van der Waals surface area contributed by atoms with Crippen LogP contribution in [0.15, 0.2) is 63.2 Å². The summed E-state index contributed by atoms with van der Waals surface area (Å²) in [4.78, 5) is 38.4. The zero-order chi connectivity index (χ0) is 21.0. The number of rotatable bonds is 5. The SMILES string of the molecule is COc1ccccc1-n1c(O)c(/C=N\NC(=O)c2ccccc2O)c(=O)[nH]c1=O. The minimum atomic E-state index is -0.904. The predicted molar refractivity (Wildman–Crippen MR) is 104 cm³/mol. The van der Waals surface area contributed by atoms with Gasteiger partial charge in [0.1, 0.15) is 17.1 Å². The Kier molecular flexibility index (Phi) is 5.44. The first-order valence-corrected chi connectivity index (χ1v) is 8.27. The number of ether oxygens (including phenoxy) is 1. The smallest absolute Gasteiger partial charge is 0.335 e. The number of nitrogens with zero attached hydrogens (tertiary/aromatic N) is 2. The molecule has 0 spiro atoms. The van der Waals surface area contributed by atoms with Gasteiger partial charge in [0.15, 0.2) is 0 Å². The molecule has 0 radical (unpaired) electrons. The number of hydrazone groups is 1. The van der Waals surface area contributed by atoms with E-state index < -0.39 is 23.0 Å². The molecule has 3 aromatic rings. The van der Waals surface area contributed by atoms with E-state index in [1.807, 2.05) is 0 Å². The minimum Gasteiger partial charge on any atom is -0.507 e. The molecule has 148 valence electrons. The van der Waals surface area contributed by atoms with Crippen molar-refractivity contribution in [3.8, 4) is 23.1 Å². The summed E-state index contributed by atoms with van der Waals surface area (Å²) in [5, 5.41) is 23.8. The zero-order valence-corrected chi connectivity index (χ0v) is 15.1. The van der Waals surface area contributed by atoms with Crippen molar-refractivity contribution in [3.63, 3.8) is 0 Å². The molecule has 0 atom stereocenters. The number of aromatic hydroxyl groups is 2.